The molecule has 22 heavy (non-hydrogen) atoms. The third kappa shape index (κ3) is 2.62. The van der Waals surface area contributed by atoms with E-state index in [1.165, 1.54) is 0 Å². The average Bonchev–Trinajstić information content (AvgIpc) is 2.54. The molecule has 8 nitrogen and oxygen atoms in total. The lowest BCUT2D eigenvalue weighted by Gasteiger charge is -2.18. The molecule has 0 atom stereocenters. The number of amides is 1. The Bertz CT molecular complexity index is 799. The number of nitrogens with zero attached hydrogens (tertiary/aromatic N) is 3. The summed E-state index contributed by atoms with van der Waals surface area (Å²) in [6, 6.07) is 3.18. The van der Waals surface area contributed by atoms with Crippen molar-refractivity contribution >= 4 is 16.8 Å². The van der Waals surface area contributed by atoms with E-state index in [0.29, 0.717) is 42.2 Å². The lowest BCUT2D eigenvalue weighted by molar-refractivity contribution is -0.121. The Kier molecular flexibility index (Phi) is 3.73. The average molecular weight is 302 g/mol. The monoisotopic (exact) mass is 302 g/mol. The van der Waals surface area contributed by atoms with Crippen molar-refractivity contribution in [2.75, 3.05) is 19.8 Å². The Hall–Kier alpha value is -2.90. The van der Waals surface area contributed by atoms with Crippen LogP contribution >= 0.6 is 0 Å². The fourth-order valence-corrected chi connectivity index (χ4v) is 2.10. The molecule has 3 rings (SSSR count). The molecule has 2 aromatic rings. The number of carbonyl (C=O) groups excluding carboxylic acids is 1. The molecule has 1 N–H and O–H groups in total. The maximum absolute atomic E-state index is 12.4. The Morgan fingerprint density at radius 1 is 1.36 bits per heavy atom. The summed E-state index contributed by atoms with van der Waals surface area (Å²) in [5.41, 5.74) is -0.00673. The SMILES string of the molecule is C=CCNC(=O)Cn1nnc2cc3c(cc2c1=O)OCCO3. The van der Waals surface area contributed by atoms with E-state index < -0.39 is 5.56 Å². The molecule has 1 aliphatic rings. The van der Waals surface area contributed by atoms with E-state index in [2.05, 4.69) is 22.2 Å². The second-order valence-corrected chi connectivity index (χ2v) is 4.66. The zero-order valence-electron chi connectivity index (χ0n) is 11.7. The number of nitrogens with one attached hydrogen (secondary N) is 1. The largest absolute Gasteiger partial charge is 0.486 e. The number of ether oxygens (including phenoxy) is 2. The van der Waals surface area contributed by atoms with Gasteiger partial charge < -0.3 is 14.8 Å². The Morgan fingerprint density at radius 3 is 2.82 bits per heavy atom. The maximum Gasteiger partial charge on any atom is 0.278 e. The van der Waals surface area contributed by atoms with Gasteiger partial charge in [0.2, 0.25) is 5.91 Å². The molecule has 1 aromatic carbocycles. The van der Waals surface area contributed by atoms with E-state index in [0.717, 1.165) is 4.68 Å². The topological polar surface area (TPSA) is 95.3 Å². The van der Waals surface area contributed by atoms with Crippen LogP contribution in [0.4, 0.5) is 0 Å². The molecule has 0 unspecified atom stereocenters. The normalized spacial score (nSPS) is 12.9. The second-order valence-electron chi connectivity index (χ2n) is 4.66. The molecule has 0 radical (unpaired) electrons. The Balaban J connectivity index is 1.96. The van der Waals surface area contributed by atoms with Crippen LogP contribution in [0.3, 0.4) is 0 Å². The van der Waals surface area contributed by atoms with Gasteiger partial charge in [0.05, 0.1) is 5.39 Å². The lowest BCUT2D eigenvalue weighted by atomic mass is 10.2. The van der Waals surface area contributed by atoms with Gasteiger partial charge in [0.25, 0.3) is 5.56 Å². The predicted octanol–water partition coefficient (Wildman–Crippen LogP) is -0.135. The quantitative estimate of drug-likeness (QED) is 0.790. The highest BCUT2D eigenvalue weighted by atomic mass is 16.6. The summed E-state index contributed by atoms with van der Waals surface area (Å²) in [6.45, 7) is 4.50. The van der Waals surface area contributed by atoms with Gasteiger partial charge in [-0.1, -0.05) is 11.3 Å². The summed E-state index contributed by atoms with van der Waals surface area (Å²) < 4.78 is 11.9. The summed E-state index contributed by atoms with van der Waals surface area (Å²) in [5.74, 6) is 0.689. The number of carbonyl (C=O) groups is 1. The molecule has 1 aliphatic heterocycles. The van der Waals surface area contributed by atoms with Crippen LogP contribution in [0.1, 0.15) is 0 Å². The molecular weight excluding hydrogens is 288 g/mol. The van der Waals surface area contributed by atoms with Crippen molar-refractivity contribution in [3.63, 3.8) is 0 Å². The first-order chi connectivity index (χ1) is 10.7. The fourth-order valence-electron chi connectivity index (χ4n) is 2.10. The van der Waals surface area contributed by atoms with E-state index >= 15 is 0 Å². The number of fused-ring (bicyclic) bond motifs is 2. The van der Waals surface area contributed by atoms with Crippen molar-refractivity contribution in [3.8, 4) is 11.5 Å². The summed E-state index contributed by atoms with van der Waals surface area (Å²) in [5, 5.41) is 10.6. The van der Waals surface area contributed by atoms with Gasteiger partial charge in [-0.05, 0) is 6.07 Å². The first-order valence-corrected chi connectivity index (χ1v) is 6.74. The van der Waals surface area contributed by atoms with Crippen LogP contribution in [0.5, 0.6) is 11.5 Å². The van der Waals surface area contributed by atoms with Crippen molar-refractivity contribution in [3.05, 3.63) is 35.1 Å². The van der Waals surface area contributed by atoms with Crippen LogP contribution in [0.25, 0.3) is 10.9 Å². The number of hydrogen-bond donors (Lipinski definition) is 1. The Morgan fingerprint density at radius 2 is 2.09 bits per heavy atom. The van der Waals surface area contributed by atoms with Gasteiger partial charge in [-0.3, -0.25) is 9.59 Å². The van der Waals surface area contributed by atoms with E-state index in [1.54, 1.807) is 18.2 Å². The molecule has 1 aromatic heterocycles. The highest BCUT2D eigenvalue weighted by molar-refractivity contribution is 5.82. The second kappa shape index (κ2) is 5.84. The van der Waals surface area contributed by atoms with Gasteiger partial charge in [0.15, 0.2) is 11.5 Å². The molecule has 0 saturated heterocycles. The zero-order valence-corrected chi connectivity index (χ0v) is 11.7. The Labute approximate surface area is 125 Å². The smallest absolute Gasteiger partial charge is 0.278 e. The molecular formula is C14H14N4O4. The van der Waals surface area contributed by atoms with Crippen LogP contribution in [0.2, 0.25) is 0 Å². The van der Waals surface area contributed by atoms with Gasteiger partial charge in [-0.2, -0.15) is 0 Å². The number of rotatable bonds is 4. The first kappa shape index (κ1) is 14.1. The van der Waals surface area contributed by atoms with Crippen molar-refractivity contribution in [2.45, 2.75) is 6.54 Å². The molecule has 0 spiro atoms. The summed E-state index contributed by atoms with van der Waals surface area (Å²) in [7, 11) is 0. The molecule has 0 bridgehead atoms. The van der Waals surface area contributed by atoms with Crippen molar-refractivity contribution < 1.29 is 14.3 Å². The minimum Gasteiger partial charge on any atom is -0.486 e. The molecule has 0 fully saturated rings. The number of hydrogen-bond acceptors (Lipinski definition) is 6. The summed E-state index contributed by atoms with van der Waals surface area (Å²) >= 11 is 0. The van der Waals surface area contributed by atoms with E-state index in [1.807, 2.05) is 0 Å². The van der Waals surface area contributed by atoms with Crippen molar-refractivity contribution in [1.29, 1.82) is 0 Å². The summed E-state index contributed by atoms with van der Waals surface area (Å²) in [4.78, 5) is 24.0. The van der Waals surface area contributed by atoms with Crippen LogP contribution in [0, 0.1) is 0 Å². The van der Waals surface area contributed by atoms with Crippen LogP contribution in [0.15, 0.2) is 29.6 Å². The zero-order chi connectivity index (χ0) is 15.5. The minimum atomic E-state index is -0.407. The number of benzene rings is 1. The van der Waals surface area contributed by atoms with Gasteiger partial charge in [0.1, 0.15) is 25.3 Å². The van der Waals surface area contributed by atoms with Crippen LogP contribution < -0.4 is 20.3 Å². The van der Waals surface area contributed by atoms with Gasteiger partial charge in [-0.25, -0.2) is 4.68 Å². The minimum absolute atomic E-state index is 0.204. The highest BCUT2D eigenvalue weighted by Gasteiger charge is 2.16. The summed E-state index contributed by atoms with van der Waals surface area (Å²) in [6.07, 6.45) is 1.55. The van der Waals surface area contributed by atoms with Gasteiger partial charge in [0, 0.05) is 12.6 Å². The lowest BCUT2D eigenvalue weighted by Crippen LogP contribution is -2.34. The van der Waals surface area contributed by atoms with Crippen LogP contribution in [-0.2, 0) is 11.3 Å². The fraction of sp³-hybridized carbons (Fsp3) is 0.286. The van der Waals surface area contributed by atoms with Gasteiger partial charge in [-0.15, -0.1) is 11.7 Å². The van der Waals surface area contributed by atoms with E-state index in [9.17, 15) is 9.59 Å². The molecule has 114 valence electrons. The molecule has 0 saturated carbocycles. The van der Waals surface area contributed by atoms with Crippen molar-refractivity contribution in [1.82, 2.24) is 20.3 Å². The van der Waals surface area contributed by atoms with Gasteiger partial charge >= 0.3 is 0 Å². The van der Waals surface area contributed by atoms with Crippen molar-refractivity contribution in [2.24, 2.45) is 0 Å². The number of aromatic nitrogens is 3. The van der Waals surface area contributed by atoms with Crippen LogP contribution in [-0.4, -0.2) is 40.7 Å². The molecule has 0 aliphatic carbocycles. The third-order valence-electron chi connectivity index (χ3n) is 3.12. The highest BCUT2D eigenvalue weighted by Crippen LogP contribution is 2.32. The first-order valence-electron chi connectivity index (χ1n) is 6.74. The third-order valence-corrected chi connectivity index (χ3v) is 3.12. The standard InChI is InChI=1S/C14H14N4O4/c1-2-3-15-13(19)8-18-14(20)9-6-11-12(22-5-4-21-11)7-10(9)16-17-18/h2,6-7H,1,3-5,8H2,(H,15,19). The maximum atomic E-state index is 12.4. The van der Waals surface area contributed by atoms with E-state index in [-0.39, 0.29) is 12.5 Å². The van der Waals surface area contributed by atoms with E-state index in [4.69, 9.17) is 9.47 Å². The molecule has 1 amide bonds. The molecule has 8 heteroatoms. The predicted molar refractivity (Wildman–Crippen MR) is 78.0 cm³/mol. The molecule has 2 heterocycles.